The van der Waals surface area contributed by atoms with Crippen LogP contribution in [0.4, 0.5) is 0 Å². The summed E-state index contributed by atoms with van der Waals surface area (Å²) in [7, 11) is -3.41. The molecule has 0 aliphatic carbocycles. The number of likely N-dealkylation sites (tertiary alicyclic amines) is 1. The Morgan fingerprint density at radius 3 is 2.35 bits per heavy atom. The van der Waals surface area contributed by atoms with Gasteiger partial charge in [-0.05, 0) is 67.9 Å². The second-order valence-corrected chi connectivity index (χ2v) is 10.6. The molecule has 2 fully saturated rings. The average Bonchev–Trinajstić information content (AvgIpc) is 3.28. The molecule has 1 unspecified atom stereocenters. The van der Waals surface area contributed by atoms with Crippen molar-refractivity contribution >= 4 is 15.9 Å². The Kier molecular flexibility index (Phi) is 6.77. The Morgan fingerprint density at radius 1 is 0.935 bits per heavy atom. The van der Waals surface area contributed by atoms with Gasteiger partial charge in [-0.15, -0.1) is 0 Å². The molecule has 0 bridgehead atoms. The number of aryl methyl sites for hydroxylation is 2. The van der Waals surface area contributed by atoms with Crippen LogP contribution in [0, 0.1) is 6.92 Å². The van der Waals surface area contributed by atoms with Crippen molar-refractivity contribution in [1.29, 1.82) is 0 Å². The fraction of sp³-hybridized carbons (Fsp3) is 0.480. The van der Waals surface area contributed by atoms with Crippen LogP contribution in [0.25, 0.3) is 0 Å². The average molecular weight is 441 g/mol. The Bertz CT molecular complexity index is 1010. The molecule has 2 aliphatic rings. The van der Waals surface area contributed by atoms with Gasteiger partial charge < -0.3 is 4.90 Å². The molecule has 2 saturated heterocycles. The van der Waals surface area contributed by atoms with Crippen LogP contribution < -0.4 is 0 Å². The summed E-state index contributed by atoms with van der Waals surface area (Å²) in [4.78, 5) is 15.3. The van der Waals surface area contributed by atoms with E-state index in [0.717, 1.165) is 44.2 Å². The maximum atomic E-state index is 13.0. The molecule has 2 heterocycles. The zero-order valence-corrected chi connectivity index (χ0v) is 19.1. The van der Waals surface area contributed by atoms with Crippen molar-refractivity contribution in [2.45, 2.75) is 62.8 Å². The molecular weight excluding hydrogens is 408 g/mol. The first-order chi connectivity index (χ1) is 15.0. The van der Waals surface area contributed by atoms with Crippen LogP contribution in [0.2, 0.25) is 0 Å². The third-order valence-corrected chi connectivity index (χ3v) is 8.54. The van der Waals surface area contributed by atoms with E-state index in [1.807, 2.05) is 29.2 Å². The van der Waals surface area contributed by atoms with E-state index in [9.17, 15) is 13.2 Å². The predicted molar refractivity (Wildman–Crippen MR) is 122 cm³/mol. The zero-order chi connectivity index (χ0) is 21.8. The fourth-order valence-corrected chi connectivity index (χ4v) is 6.34. The third kappa shape index (κ3) is 4.85. The van der Waals surface area contributed by atoms with E-state index in [-0.39, 0.29) is 11.9 Å². The van der Waals surface area contributed by atoms with E-state index in [0.29, 0.717) is 30.8 Å². The first-order valence-electron chi connectivity index (χ1n) is 11.4. The van der Waals surface area contributed by atoms with Crippen LogP contribution in [0.3, 0.4) is 0 Å². The quantitative estimate of drug-likeness (QED) is 0.666. The Balaban J connectivity index is 1.38. The number of hydrogen-bond acceptors (Lipinski definition) is 3. The van der Waals surface area contributed by atoms with Crippen molar-refractivity contribution in [3.63, 3.8) is 0 Å². The summed E-state index contributed by atoms with van der Waals surface area (Å²) in [6, 6.07) is 15.6. The van der Waals surface area contributed by atoms with E-state index in [2.05, 4.69) is 19.1 Å². The van der Waals surface area contributed by atoms with Gasteiger partial charge in [0.15, 0.2) is 0 Å². The van der Waals surface area contributed by atoms with E-state index >= 15 is 0 Å². The van der Waals surface area contributed by atoms with Gasteiger partial charge in [-0.2, -0.15) is 4.31 Å². The Labute approximate surface area is 186 Å². The number of hydrogen-bond donors (Lipinski definition) is 0. The van der Waals surface area contributed by atoms with Crippen molar-refractivity contribution in [2.24, 2.45) is 0 Å². The molecule has 2 aromatic rings. The molecule has 6 heteroatoms. The number of sulfonamides is 1. The molecule has 2 aromatic carbocycles. The number of rotatable bonds is 6. The summed E-state index contributed by atoms with van der Waals surface area (Å²) in [5.41, 5.74) is 3.48. The molecule has 1 atom stereocenters. The third-order valence-electron chi connectivity index (χ3n) is 6.62. The van der Waals surface area contributed by atoms with Crippen LogP contribution >= 0.6 is 0 Å². The zero-order valence-electron chi connectivity index (χ0n) is 18.3. The number of carbonyl (C=O) groups is 1. The number of nitrogens with zero attached hydrogens (tertiary/aromatic N) is 2. The van der Waals surface area contributed by atoms with E-state index in [4.69, 9.17) is 0 Å². The van der Waals surface area contributed by atoms with Crippen molar-refractivity contribution in [1.82, 2.24) is 9.21 Å². The molecule has 31 heavy (non-hydrogen) atoms. The van der Waals surface area contributed by atoms with Gasteiger partial charge in [0.2, 0.25) is 15.9 Å². The molecule has 0 N–H and O–H groups in total. The molecule has 0 aromatic heterocycles. The standard InChI is InChI=1S/C25H32N2O3S/c1-20-8-3-4-9-23(20)24-10-7-19-27(24)25(28)16-13-21-11-14-22(15-12-21)31(29,30)26-17-5-2-6-18-26/h3-4,8-9,11-12,14-15,24H,2,5-7,10,13,16-19H2,1H3. The molecule has 166 valence electrons. The summed E-state index contributed by atoms with van der Waals surface area (Å²) >= 11 is 0. The summed E-state index contributed by atoms with van der Waals surface area (Å²) in [6.45, 7) is 4.13. The van der Waals surface area contributed by atoms with Gasteiger partial charge in [0, 0.05) is 26.1 Å². The molecule has 0 radical (unpaired) electrons. The largest absolute Gasteiger partial charge is 0.336 e. The van der Waals surface area contributed by atoms with Gasteiger partial charge in [0.05, 0.1) is 10.9 Å². The topological polar surface area (TPSA) is 57.7 Å². The highest BCUT2D eigenvalue weighted by molar-refractivity contribution is 7.89. The van der Waals surface area contributed by atoms with Crippen LogP contribution in [0.1, 0.15) is 61.3 Å². The lowest BCUT2D eigenvalue weighted by Gasteiger charge is -2.26. The van der Waals surface area contributed by atoms with E-state index in [1.165, 1.54) is 11.1 Å². The minimum atomic E-state index is -3.41. The maximum absolute atomic E-state index is 13.0. The number of piperidine rings is 1. The lowest BCUT2D eigenvalue weighted by atomic mass is 9.99. The summed E-state index contributed by atoms with van der Waals surface area (Å²) in [6.07, 6.45) is 6.08. The number of benzene rings is 2. The minimum absolute atomic E-state index is 0.172. The molecular formula is C25H32N2O3S. The molecule has 5 nitrogen and oxygen atoms in total. The van der Waals surface area contributed by atoms with Crippen molar-refractivity contribution in [3.05, 3.63) is 65.2 Å². The lowest BCUT2D eigenvalue weighted by Crippen LogP contribution is -2.35. The normalized spacial score (nSPS) is 20.2. The van der Waals surface area contributed by atoms with Gasteiger partial charge >= 0.3 is 0 Å². The summed E-state index contributed by atoms with van der Waals surface area (Å²) in [5, 5.41) is 0. The van der Waals surface area contributed by atoms with E-state index in [1.54, 1.807) is 16.4 Å². The highest BCUT2D eigenvalue weighted by atomic mass is 32.2. The van der Waals surface area contributed by atoms with E-state index < -0.39 is 10.0 Å². The Morgan fingerprint density at radius 2 is 1.65 bits per heavy atom. The predicted octanol–water partition coefficient (Wildman–Crippen LogP) is 4.47. The first-order valence-corrected chi connectivity index (χ1v) is 12.8. The number of carbonyl (C=O) groups excluding carboxylic acids is 1. The lowest BCUT2D eigenvalue weighted by molar-refractivity contribution is -0.132. The first kappa shape index (κ1) is 22.0. The van der Waals surface area contributed by atoms with Crippen molar-refractivity contribution in [2.75, 3.05) is 19.6 Å². The SMILES string of the molecule is Cc1ccccc1C1CCCN1C(=O)CCc1ccc(S(=O)(=O)N2CCCCC2)cc1. The molecule has 2 aliphatic heterocycles. The molecule has 0 spiro atoms. The fourth-order valence-electron chi connectivity index (χ4n) is 4.83. The van der Waals surface area contributed by atoms with Gasteiger partial charge in [0.25, 0.3) is 0 Å². The van der Waals surface area contributed by atoms with Gasteiger partial charge in [-0.1, -0.05) is 42.8 Å². The van der Waals surface area contributed by atoms with Crippen molar-refractivity contribution in [3.8, 4) is 0 Å². The second kappa shape index (κ2) is 9.53. The Hall–Kier alpha value is -2.18. The highest BCUT2D eigenvalue weighted by Gasteiger charge is 2.30. The van der Waals surface area contributed by atoms with Crippen LogP contribution in [0.5, 0.6) is 0 Å². The molecule has 4 rings (SSSR count). The molecule has 1 amide bonds. The maximum Gasteiger partial charge on any atom is 0.243 e. The van der Waals surface area contributed by atoms with Crippen LogP contribution in [-0.2, 0) is 21.2 Å². The smallest absolute Gasteiger partial charge is 0.243 e. The second-order valence-electron chi connectivity index (χ2n) is 8.71. The summed E-state index contributed by atoms with van der Waals surface area (Å²) < 4.78 is 27.2. The minimum Gasteiger partial charge on any atom is -0.336 e. The van der Waals surface area contributed by atoms with Crippen LogP contribution in [-0.4, -0.2) is 43.2 Å². The number of amides is 1. The summed E-state index contributed by atoms with van der Waals surface area (Å²) in [5.74, 6) is 0.177. The highest BCUT2D eigenvalue weighted by Crippen LogP contribution is 2.34. The van der Waals surface area contributed by atoms with Gasteiger partial charge in [-0.25, -0.2) is 8.42 Å². The van der Waals surface area contributed by atoms with Crippen molar-refractivity contribution < 1.29 is 13.2 Å². The molecule has 0 saturated carbocycles. The van der Waals surface area contributed by atoms with Gasteiger partial charge in [0.1, 0.15) is 0 Å². The van der Waals surface area contributed by atoms with Gasteiger partial charge in [-0.3, -0.25) is 4.79 Å². The van der Waals surface area contributed by atoms with Crippen LogP contribution in [0.15, 0.2) is 53.4 Å². The monoisotopic (exact) mass is 440 g/mol.